The summed E-state index contributed by atoms with van der Waals surface area (Å²) < 4.78 is 0. The van der Waals surface area contributed by atoms with E-state index >= 15 is 0 Å². The average Bonchev–Trinajstić information content (AvgIpc) is 2.04. The van der Waals surface area contributed by atoms with Gasteiger partial charge in [-0.3, -0.25) is 4.79 Å². The third-order valence-electron chi connectivity index (χ3n) is 1.46. The number of carboxylic acids is 1. The minimum absolute atomic E-state index is 0.0956. The molecule has 0 atom stereocenters. The summed E-state index contributed by atoms with van der Waals surface area (Å²) in [7, 11) is 0. The molecule has 13 heavy (non-hydrogen) atoms. The minimum atomic E-state index is -1.18. The van der Waals surface area contributed by atoms with Crippen LogP contribution in [0, 0.1) is 0 Å². The predicted molar refractivity (Wildman–Crippen MR) is 45.2 cm³/mol. The molecule has 0 saturated carbocycles. The van der Waals surface area contributed by atoms with Crippen LogP contribution in [0.2, 0.25) is 0 Å². The molecule has 1 rings (SSSR count). The Morgan fingerprint density at radius 2 is 1.92 bits per heavy atom. The number of hydrogen-bond acceptors (Lipinski definition) is 3. The Labute approximate surface area is 78.4 Å². The van der Waals surface area contributed by atoms with E-state index in [4.69, 9.17) is 21.8 Å². The van der Waals surface area contributed by atoms with Crippen molar-refractivity contribution in [2.75, 3.05) is 0 Å². The maximum Gasteiger partial charge on any atom is 0.335 e. The van der Waals surface area contributed by atoms with Gasteiger partial charge in [0.2, 0.25) is 0 Å². The molecule has 0 radical (unpaired) electrons. The van der Waals surface area contributed by atoms with Crippen LogP contribution in [0.4, 0.5) is 0 Å². The lowest BCUT2D eigenvalue weighted by Crippen LogP contribution is -1.99. The lowest BCUT2D eigenvalue weighted by Gasteiger charge is -1.99. The molecule has 0 bridgehead atoms. The molecule has 2 N–H and O–H groups in total. The number of aromatic carboxylic acids is 1. The highest BCUT2D eigenvalue weighted by atomic mass is 35.5. The Bertz CT molecular complexity index is 372. The number of halogens is 1. The van der Waals surface area contributed by atoms with Crippen molar-refractivity contribution in [1.82, 2.24) is 0 Å². The molecule has 0 aliphatic rings. The Hall–Kier alpha value is -1.55. The van der Waals surface area contributed by atoms with E-state index in [0.717, 1.165) is 12.1 Å². The molecule has 0 aromatic heterocycles. The van der Waals surface area contributed by atoms with E-state index in [1.807, 2.05) is 0 Å². The summed E-state index contributed by atoms with van der Waals surface area (Å²) in [5, 5.41) is 16.7. The van der Waals surface area contributed by atoms with Crippen molar-refractivity contribution < 1.29 is 19.8 Å². The summed E-state index contributed by atoms with van der Waals surface area (Å²) in [5.74, 6) is -1.51. The largest absolute Gasteiger partial charge is 0.507 e. The van der Waals surface area contributed by atoms with Gasteiger partial charge in [0.15, 0.2) is 0 Å². The Morgan fingerprint density at radius 3 is 2.38 bits per heavy atom. The van der Waals surface area contributed by atoms with Crippen molar-refractivity contribution in [3.63, 3.8) is 0 Å². The summed E-state index contributed by atoms with van der Waals surface area (Å²) in [6.07, 6.45) is 0. The van der Waals surface area contributed by atoms with Crippen molar-refractivity contribution in [1.29, 1.82) is 0 Å². The Morgan fingerprint density at radius 1 is 1.31 bits per heavy atom. The van der Waals surface area contributed by atoms with Crippen molar-refractivity contribution in [3.8, 4) is 5.75 Å². The van der Waals surface area contributed by atoms with Crippen LogP contribution in [-0.4, -0.2) is 21.4 Å². The van der Waals surface area contributed by atoms with Gasteiger partial charge >= 0.3 is 5.97 Å². The second kappa shape index (κ2) is 3.45. The van der Waals surface area contributed by atoms with E-state index in [2.05, 4.69) is 0 Å². The molecule has 1 aromatic rings. The molecule has 0 amide bonds. The van der Waals surface area contributed by atoms with Crippen LogP contribution in [0.5, 0.6) is 5.75 Å². The van der Waals surface area contributed by atoms with Crippen molar-refractivity contribution in [2.24, 2.45) is 0 Å². The molecular formula is C8H5ClO4. The fourth-order valence-electron chi connectivity index (χ4n) is 0.827. The van der Waals surface area contributed by atoms with E-state index in [9.17, 15) is 9.59 Å². The first-order valence-electron chi connectivity index (χ1n) is 3.28. The van der Waals surface area contributed by atoms with Crippen LogP contribution >= 0.6 is 11.6 Å². The van der Waals surface area contributed by atoms with Gasteiger partial charge in [0, 0.05) is 0 Å². The molecule has 0 aliphatic carbocycles. The summed E-state index contributed by atoms with van der Waals surface area (Å²) in [6.45, 7) is 0. The topological polar surface area (TPSA) is 74.6 Å². The summed E-state index contributed by atoms with van der Waals surface area (Å²) in [6, 6.07) is 3.31. The van der Waals surface area contributed by atoms with E-state index in [-0.39, 0.29) is 16.9 Å². The molecule has 0 heterocycles. The number of phenols is 1. The number of hydrogen-bond donors (Lipinski definition) is 2. The molecule has 5 heteroatoms. The molecule has 0 saturated heterocycles. The maximum absolute atomic E-state index is 10.7. The van der Waals surface area contributed by atoms with Gasteiger partial charge in [-0.25, -0.2) is 4.79 Å². The quantitative estimate of drug-likeness (QED) is 0.709. The van der Waals surface area contributed by atoms with Gasteiger partial charge in [-0.1, -0.05) is 0 Å². The number of aromatic hydroxyl groups is 1. The van der Waals surface area contributed by atoms with Gasteiger partial charge < -0.3 is 10.2 Å². The van der Waals surface area contributed by atoms with Gasteiger partial charge in [-0.15, -0.1) is 0 Å². The highest BCUT2D eigenvalue weighted by Gasteiger charge is 2.11. The molecule has 0 spiro atoms. The van der Waals surface area contributed by atoms with E-state index in [0.29, 0.717) is 0 Å². The van der Waals surface area contributed by atoms with Crippen LogP contribution in [0.15, 0.2) is 18.2 Å². The van der Waals surface area contributed by atoms with Crippen molar-refractivity contribution in [3.05, 3.63) is 29.3 Å². The molecule has 4 nitrogen and oxygen atoms in total. The first-order valence-corrected chi connectivity index (χ1v) is 3.66. The van der Waals surface area contributed by atoms with Gasteiger partial charge in [-0.2, -0.15) is 0 Å². The zero-order valence-corrected chi connectivity index (χ0v) is 7.08. The van der Waals surface area contributed by atoms with Crippen molar-refractivity contribution in [2.45, 2.75) is 0 Å². The molecule has 68 valence electrons. The number of carboxylic acid groups (broad SMARTS) is 1. The Kier molecular flexibility index (Phi) is 2.53. The lowest BCUT2D eigenvalue weighted by atomic mass is 10.1. The highest BCUT2D eigenvalue weighted by molar-refractivity contribution is 6.68. The smallest absolute Gasteiger partial charge is 0.335 e. The third-order valence-corrected chi connectivity index (χ3v) is 1.66. The van der Waals surface area contributed by atoms with Crippen LogP contribution < -0.4 is 0 Å². The average molecular weight is 201 g/mol. The van der Waals surface area contributed by atoms with Gasteiger partial charge in [-0.05, 0) is 29.8 Å². The number of rotatable bonds is 2. The monoisotopic (exact) mass is 200 g/mol. The van der Waals surface area contributed by atoms with Crippen LogP contribution in [0.3, 0.4) is 0 Å². The normalized spacial score (nSPS) is 9.62. The second-order valence-corrected chi connectivity index (χ2v) is 2.65. The Balaban J connectivity index is 3.27. The third kappa shape index (κ3) is 1.97. The van der Waals surface area contributed by atoms with Crippen LogP contribution in [0.25, 0.3) is 0 Å². The predicted octanol–water partition coefficient (Wildman–Crippen LogP) is 1.47. The second-order valence-electron chi connectivity index (χ2n) is 2.31. The first-order chi connectivity index (χ1) is 6.02. The fourth-order valence-corrected chi connectivity index (χ4v) is 0.978. The van der Waals surface area contributed by atoms with Gasteiger partial charge in [0.05, 0.1) is 11.1 Å². The summed E-state index contributed by atoms with van der Waals surface area (Å²) in [5.41, 5.74) is -0.302. The molecule has 0 fully saturated rings. The molecule has 0 unspecified atom stereocenters. The zero-order chi connectivity index (χ0) is 10.0. The standard InChI is InChI=1S/C8H5ClO4/c9-7(11)5-3-4(8(12)13)1-2-6(5)10/h1-3,10H,(H,12,13). The SMILES string of the molecule is O=C(O)c1ccc(O)c(C(=O)Cl)c1. The van der Waals surface area contributed by atoms with Gasteiger partial charge in [0.1, 0.15) is 5.75 Å². The van der Waals surface area contributed by atoms with Crippen LogP contribution in [0.1, 0.15) is 20.7 Å². The molecule has 0 aliphatic heterocycles. The highest BCUT2D eigenvalue weighted by Crippen LogP contribution is 2.20. The van der Waals surface area contributed by atoms with E-state index in [1.165, 1.54) is 6.07 Å². The number of carbonyl (C=O) groups excluding carboxylic acids is 1. The van der Waals surface area contributed by atoms with E-state index < -0.39 is 11.2 Å². The first kappa shape index (κ1) is 9.54. The number of carbonyl (C=O) groups is 2. The minimum Gasteiger partial charge on any atom is -0.507 e. The zero-order valence-electron chi connectivity index (χ0n) is 6.32. The number of benzene rings is 1. The van der Waals surface area contributed by atoms with E-state index in [1.54, 1.807) is 0 Å². The van der Waals surface area contributed by atoms with Crippen LogP contribution in [-0.2, 0) is 0 Å². The summed E-state index contributed by atoms with van der Waals surface area (Å²) in [4.78, 5) is 21.1. The molecule has 1 aromatic carbocycles. The molecular weight excluding hydrogens is 196 g/mol. The lowest BCUT2D eigenvalue weighted by molar-refractivity contribution is 0.0697. The summed E-state index contributed by atoms with van der Waals surface area (Å²) >= 11 is 5.09. The van der Waals surface area contributed by atoms with Gasteiger partial charge in [0.25, 0.3) is 5.24 Å². The number of phenolic OH excluding ortho intramolecular Hbond substituents is 1. The fraction of sp³-hybridized carbons (Fsp3) is 0. The van der Waals surface area contributed by atoms with Crippen molar-refractivity contribution >= 4 is 22.8 Å². The maximum atomic E-state index is 10.7.